The number of rotatable bonds is 0. The molecule has 0 unspecified atom stereocenters. The highest BCUT2D eigenvalue weighted by Gasteiger charge is 2.62. The Morgan fingerprint density at radius 2 is 0.306 bits per heavy atom. The Labute approximate surface area is 195 Å². The fraction of sp³-hybridized carbons (Fsp3) is 0.250. The van der Waals surface area contributed by atoms with E-state index in [0.29, 0.717) is 0 Å². The Hall–Kier alpha value is -3.18. The minimum absolute atomic E-state index is 0.114. The number of halogens is 12. The number of benzene rings is 3. The Balaban J connectivity index is 2.00. The van der Waals surface area contributed by atoms with Crippen LogP contribution in [0.25, 0.3) is 0 Å². The van der Waals surface area contributed by atoms with Gasteiger partial charge in [0.15, 0.2) is 0 Å². The molecule has 0 heterocycles. The zero-order valence-electron chi connectivity index (χ0n) is 17.5. The van der Waals surface area contributed by atoms with E-state index in [4.69, 9.17) is 0 Å². The van der Waals surface area contributed by atoms with Gasteiger partial charge in [-0.05, 0) is 0 Å². The fourth-order valence-corrected chi connectivity index (χ4v) is 3.75. The van der Waals surface area contributed by atoms with Gasteiger partial charge in [-0.15, -0.1) is 0 Å². The molecule has 0 fully saturated rings. The highest BCUT2D eigenvalue weighted by atomic mass is 19.3. The van der Waals surface area contributed by atoms with Crippen LogP contribution in [-0.2, 0) is 35.5 Å². The maximum atomic E-state index is 14.7. The molecule has 3 aromatic rings. The molecule has 7 rings (SSSR count). The zero-order chi connectivity index (χ0) is 26.9. The van der Waals surface area contributed by atoms with Crippen LogP contribution in [0.4, 0.5) is 52.7 Å². The largest absolute Gasteiger partial charge is 0.339 e. The molecule has 0 spiro atoms. The van der Waals surface area contributed by atoms with Gasteiger partial charge in [-0.3, -0.25) is 0 Å². The van der Waals surface area contributed by atoms with Gasteiger partial charge < -0.3 is 0 Å². The summed E-state index contributed by atoms with van der Waals surface area (Å²) in [6.07, 6.45) is 0. The van der Waals surface area contributed by atoms with Gasteiger partial charge in [-0.25, -0.2) is 0 Å². The first-order valence-electron chi connectivity index (χ1n) is 9.98. The minimum atomic E-state index is -5.13. The van der Waals surface area contributed by atoms with Crippen LogP contribution >= 0.6 is 0 Å². The van der Waals surface area contributed by atoms with Gasteiger partial charge in [-0.2, -0.15) is 52.7 Å². The lowest BCUT2D eigenvalue weighted by molar-refractivity contribution is -0.227. The first-order valence-corrected chi connectivity index (χ1v) is 9.98. The third-order valence-electron chi connectivity index (χ3n) is 6.01. The third-order valence-corrected chi connectivity index (χ3v) is 6.01. The number of hydrogen-bond donors (Lipinski definition) is 0. The highest BCUT2D eigenvalue weighted by molar-refractivity contribution is 5.40. The van der Waals surface area contributed by atoms with E-state index in [1.165, 1.54) is 0 Å². The van der Waals surface area contributed by atoms with Crippen molar-refractivity contribution in [1.29, 1.82) is 0 Å². The van der Waals surface area contributed by atoms with Crippen molar-refractivity contribution in [2.75, 3.05) is 0 Å². The van der Waals surface area contributed by atoms with Crippen molar-refractivity contribution in [2.45, 2.75) is 35.5 Å². The lowest BCUT2D eigenvalue weighted by atomic mass is 9.89. The molecule has 0 aromatic heterocycles. The summed E-state index contributed by atoms with van der Waals surface area (Å²) in [5.41, 5.74) is -9.24. The van der Waals surface area contributed by atoms with Crippen LogP contribution in [-0.4, -0.2) is 0 Å². The smallest absolute Gasteiger partial charge is 0.194 e. The average molecular weight is 528 g/mol. The van der Waals surface area contributed by atoms with Crippen LogP contribution < -0.4 is 0 Å². The second-order valence-corrected chi connectivity index (χ2v) is 8.18. The van der Waals surface area contributed by atoms with Crippen molar-refractivity contribution >= 4 is 0 Å². The maximum Gasteiger partial charge on any atom is 0.339 e. The number of hydrogen-bond acceptors (Lipinski definition) is 0. The van der Waals surface area contributed by atoms with E-state index in [0.717, 1.165) is 0 Å². The quantitative estimate of drug-likeness (QED) is 0.256. The lowest BCUT2D eigenvalue weighted by Crippen LogP contribution is -2.38. The molecule has 4 aliphatic rings. The SMILES string of the molecule is FC1(F)c2ccc(cc2)C(F)(F)C(F)(F)c2ccc(cc2)C(F)(F)C(F)(F)c2ccc(cc2)C1(F)F. The van der Waals surface area contributed by atoms with Crippen molar-refractivity contribution in [2.24, 2.45) is 0 Å². The molecule has 4 aliphatic carbocycles. The van der Waals surface area contributed by atoms with E-state index in [1.807, 2.05) is 0 Å². The predicted molar refractivity (Wildman–Crippen MR) is 103 cm³/mol. The van der Waals surface area contributed by atoms with Gasteiger partial charge in [0.25, 0.3) is 0 Å². The number of alkyl halides is 12. The summed E-state index contributed by atoms with van der Waals surface area (Å²) in [5.74, 6) is -30.8. The van der Waals surface area contributed by atoms with E-state index in [9.17, 15) is 52.7 Å². The summed E-state index contributed by atoms with van der Waals surface area (Å²) < 4.78 is 176. The molecule has 0 N–H and O–H groups in total. The summed E-state index contributed by atoms with van der Waals surface area (Å²) in [4.78, 5) is 0. The highest BCUT2D eigenvalue weighted by Crippen LogP contribution is 2.54. The molecule has 0 saturated carbocycles. The number of fused-ring (bicyclic) bond motifs is 3. The molecule has 0 radical (unpaired) electrons. The van der Waals surface area contributed by atoms with E-state index in [2.05, 4.69) is 0 Å². The molecule has 3 aromatic carbocycles. The van der Waals surface area contributed by atoms with Crippen molar-refractivity contribution in [3.05, 3.63) is 106 Å². The normalized spacial score (nSPS) is 22.7. The second kappa shape index (κ2) is 7.66. The second-order valence-electron chi connectivity index (χ2n) is 8.18. The van der Waals surface area contributed by atoms with E-state index < -0.39 is 68.9 Å². The molecule has 0 saturated heterocycles. The summed E-state index contributed by atoms with van der Waals surface area (Å²) in [5, 5.41) is 0. The van der Waals surface area contributed by atoms with Crippen LogP contribution in [0, 0.1) is 0 Å². The van der Waals surface area contributed by atoms with E-state index >= 15 is 0 Å². The Morgan fingerprint density at radius 1 is 0.222 bits per heavy atom. The lowest BCUT2D eigenvalue weighted by Gasteiger charge is -2.31. The molecule has 36 heavy (non-hydrogen) atoms. The fourth-order valence-electron chi connectivity index (χ4n) is 3.75. The standard InChI is InChI=1S/C24H12F12/c25-19(26)13-1-2-14(4-3-13)20(27,28)22(31,32)16-9-11-18(12-10-16)24(35,36)23(33,34)17-7-5-15(6-8-17)21(19,29)30/h1-12H. The Bertz CT molecular complexity index is 998. The predicted octanol–water partition coefficient (Wildman–Crippen LogP) is 8.65. The molecule has 192 valence electrons. The van der Waals surface area contributed by atoms with Gasteiger partial charge in [0.05, 0.1) is 0 Å². The maximum absolute atomic E-state index is 14.7. The van der Waals surface area contributed by atoms with Crippen molar-refractivity contribution in [3.63, 3.8) is 0 Å². The van der Waals surface area contributed by atoms with Crippen LogP contribution in [0.3, 0.4) is 0 Å². The van der Waals surface area contributed by atoms with E-state index in [-0.39, 0.29) is 72.8 Å². The summed E-state index contributed by atoms with van der Waals surface area (Å²) in [6, 6.07) is 1.36. The molecule has 6 bridgehead atoms. The first kappa shape index (κ1) is 25.9. The minimum Gasteiger partial charge on any atom is -0.194 e. The van der Waals surface area contributed by atoms with Crippen LogP contribution in [0.1, 0.15) is 33.4 Å². The first-order chi connectivity index (χ1) is 16.4. The van der Waals surface area contributed by atoms with Crippen molar-refractivity contribution < 1.29 is 52.7 Å². The molecular weight excluding hydrogens is 516 g/mol. The summed E-state index contributed by atoms with van der Waals surface area (Å²) >= 11 is 0. The third kappa shape index (κ3) is 3.40. The van der Waals surface area contributed by atoms with Crippen molar-refractivity contribution in [1.82, 2.24) is 0 Å². The zero-order valence-corrected chi connectivity index (χ0v) is 17.5. The molecule has 0 atom stereocenters. The van der Waals surface area contributed by atoms with Crippen molar-refractivity contribution in [3.8, 4) is 0 Å². The summed E-state index contributed by atoms with van der Waals surface area (Å²) in [6.45, 7) is 0. The van der Waals surface area contributed by atoms with Gasteiger partial charge in [0.1, 0.15) is 0 Å². The Morgan fingerprint density at radius 3 is 0.389 bits per heavy atom. The topological polar surface area (TPSA) is 0 Å². The molecule has 0 aliphatic heterocycles. The molecule has 0 nitrogen and oxygen atoms in total. The van der Waals surface area contributed by atoms with E-state index in [1.54, 1.807) is 0 Å². The Kier molecular flexibility index (Phi) is 5.51. The molecule has 0 amide bonds. The van der Waals surface area contributed by atoms with Crippen LogP contribution in [0.15, 0.2) is 72.8 Å². The van der Waals surface area contributed by atoms with Gasteiger partial charge in [-0.1, -0.05) is 72.8 Å². The van der Waals surface area contributed by atoms with Crippen LogP contribution in [0.5, 0.6) is 0 Å². The monoisotopic (exact) mass is 528 g/mol. The summed E-state index contributed by atoms with van der Waals surface area (Å²) in [7, 11) is 0. The average Bonchev–Trinajstić information content (AvgIpc) is 2.83. The van der Waals surface area contributed by atoms with Gasteiger partial charge >= 0.3 is 35.5 Å². The van der Waals surface area contributed by atoms with Gasteiger partial charge in [0, 0.05) is 33.4 Å². The molecular formula is C24H12F12. The van der Waals surface area contributed by atoms with Gasteiger partial charge in [0.2, 0.25) is 0 Å². The van der Waals surface area contributed by atoms with Crippen LogP contribution in [0.2, 0.25) is 0 Å². The molecule has 12 heteroatoms.